The highest BCUT2D eigenvalue weighted by molar-refractivity contribution is 5.98. The average molecular weight is 292 g/mol. The molecule has 2 saturated carbocycles. The lowest BCUT2D eigenvalue weighted by molar-refractivity contribution is -0.152. The smallest absolute Gasteiger partial charge is 0.248 e. The molecule has 2 unspecified atom stereocenters. The number of amides is 2. The molecule has 1 N–H and O–H groups in total. The highest BCUT2D eigenvalue weighted by Gasteiger charge is 2.47. The molecule has 1 saturated heterocycles. The van der Waals surface area contributed by atoms with Crippen molar-refractivity contribution in [3.05, 3.63) is 0 Å². The molecule has 0 aromatic heterocycles. The second-order valence-corrected chi connectivity index (χ2v) is 7.40. The van der Waals surface area contributed by atoms with Crippen molar-refractivity contribution in [2.24, 2.45) is 11.8 Å². The van der Waals surface area contributed by atoms with Gasteiger partial charge in [0.15, 0.2) is 0 Å². The van der Waals surface area contributed by atoms with Crippen molar-refractivity contribution < 1.29 is 9.59 Å². The first-order valence-corrected chi connectivity index (χ1v) is 8.71. The SMILES string of the molecule is CC1CCCCC1CN1CC(=O)NC2(CCCCC2)C1=O. The minimum atomic E-state index is -0.564. The summed E-state index contributed by atoms with van der Waals surface area (Å²) in [5.41, 5.74) is -0.564. The summed E-state index contributed by atoms with van der Waals surface area (Å²) >= 11 is 0. The van der Waals surface area contributed by atoms with Gasteiger partial charge in [0, 0.05) is 6.54 Å². The van der Waals surface area contributed by atoms with Crippen LogP contribution in [0.4, 0.5) is 0 Å². The highest BCUT2D eigenvalue weighted by Crippen LogP contribution is 2.34. The maximum absolute atomic E-state index is 12.9. The van der Waals surface area contributed by atoms with E-state index in [1.54, 1.807) is 0 Å². The standard InChI is InChI=1S/C17H28N2O2/c1-13-7-3-4-8-14(13)11-19-12-15(20)18-17(16(19)21)9-5-2-6-10-17/h13-14H,2-12H2,1H3,(H,18,20). The molecule has 4 nitrogen and oxygen atoms in total. The molecule has 1 spiro atoms. The maximum atomic E-state index is 12.9. The van der Waals surface area contributed by atoms with E-state index in [4.69, 9.17) is 0 Å². The number of hydrogen-bond acceptors (Lipinski definition) is 2. The average Bonchev–Trinajstić information content (AvgIpc) is 2.47. The van der Waals surface area contributed by atoms with E-state index in [2.05, 4.69) is 12.2 Å². The van der Waals surface area contributed by atoms with Crippen molar-refractivity contribution in [3.8, 4) is 0 Å². The maximum Gasteiger partial charge on any atom is 0.248 e. The van der Waals surface area contributed by atoms with Gasteiger partial charge in [-0.3, -0.25) is 9.59 Å². The summed E-state index contributed by atoms with van der Waals surface area (Å²) in [4.78, 5) is 26.9. The molecule has 118 valence electrons. The number of carbonyl (C=O) groups is 2. The van der Waals surface area contributed by atoms with E-state index in [9.17, 15) is 9.59 Å². The molecule has 3 rings (SSSR count). The lowest BCUT2D eigenvalue weighted by Crippen LogP contribution is -2.67. The van der Waals surface area contributed by atoms with Crippen LogP contribution in [0.15, 0.2) is 0 Å². The lowest BCUT2D eigenvalue weighted by Gasteiger charge is -2.45. The molecular formula is C17H28N2O2. The van der Waals surface area contributed by atoms with E-state index in [0.717, 1.165) is 32.2 Å². The van der Waals surface area contributed by atoms with Crippen LogP contribution in [0, 0.1) is 11.8 Å². The van der Waals surface area contributed by atoms with Gasteiger partial charge in [0.1, 0.15) is 5.54 Å². The fraction of sp³-hybridized carbons (Fsp3) is 0.882. The van der Waals surface area contributed by atoms with E-state index in [1.165, 1.54) is 32.1 Å². The topological polar surface area (TPSA) is 49.4 Å². The molecule has 4 heteroatoms. The van der Waals surface area contributed by atoms with Crippen LogP contribution in [0.25, 0.3) is 0 Å². The van der Waals surface area contributed by atoms with Crippen molar-refractivity contribution in [3.63, 3.8) is 0 Å². The lowest BCUT2D eigenvalue weighted by atomic mass is 9.77. The minimum absolute atomic E-state index is 0.0416. The minimum Gasteiger partial charge on any atom is -0.340 e. The summed E-state index contributed by atoms with van der Waals surface area (Å²) in [6.45, 7) is 3.35. The third-order valence-corrected chi connectivity index (χ3v) is 5.86. The molecule has 2 atom stereocenters. The van der Waals surface area contributed by atoms with Gasteiger partial charge in [-0.05, 0) is 31.1 Å². The summed E-state index contributed by atoms with van der Waals surface area (Å²) in [5.74, 6) is 1.49. The normalized spacial score (nSPS) is 33.1. The second kappa shape index (κ2) is 5.98. The monoisotopic (exact) mass is 292 g/mol. The first kappa shape index (κ1) is 14.9. The van der Waals surface area contributed by atoms with Gasteiger partial charge < -0.3 is 10.2 Å². The first-order valence-electron chi connectivity index (χ1n) is 8.71. The number of carbonyl (C=O) groups excluding carboxylic acids is 2. The summed E-state index contributed by atoms with van der Waals surface area (Å²) in [5, 5.41) is 3.03. The van der Waals surface area contributed by atoms with Crippen molar-refractivity contribution in [2.45, 2.75) is 70.3 Å². The van der Waals surface area contributed by atoms with Gasteiger partial charge in [-0.15, -0.1) is 0 Å². The number of nitrogens with zero attached hydrogens (tertiary/aromatic N) is 1. The molecule has 0 radical (unpaired) electrons. The van der Waals surface area contributed by atoms with Crippen molar-refractivity contribution in [1.29, 1.82) is 0 Å². The largest absolute Gasteiger partial charge is 0.340 e. The van der Waals surface area contributed by atoms with Crippen LogP contribution in [0.3, 0.4) is 0 Å². The van der Waals surface area contributed by atoms with Crippen LogP contribution in [0.5, 0.6) is 0 Å². The Bertz CT molecular complexity index is 415. The van der Waals surface area contributed by atoms with Crippen LogP contribution >= 0.6 is 0 Å². The van der Waals surface area contributed by atoms with Crippen molar-refractivity contribution in [2.75, 3.05) is 13.1 Å². The number of nitrogens with one attached hydrogen (secondary N) is 1. The second-order valence-electron chi connectivity index (χ2n) is 7.40. The van der Waals surface area contributed by atoms with Gasteiger partial charge >= 0.3 is 0 Å². The zero-order valence-electron chi connectivity index (χ0n) is 13.2. The van der Waals surface area contributed by atoms with Crippen LogP contribution in [-0.4, -0.2) is 35.3 Å². The quantitative estimate of drug-likeness (QED) is 0.850. The van der Waals surface area contributed by atoms with E-state index >= 15 is 0 Å². The molecule has 3 aliphatic rings. The van der Waals surface area contributed by atoms with Gasteiger partial charge in [-0.25, -0.2) is 0 Å². The van der Waals surface area contributed by atoms with E-state index < -0.39 is 5.54 Å². The molecule has 0 aromatic carbocycles. The molecular weight excluding hydrogens is 264 g/mol. The Kier molecular flexibility index (Phi) is 4.23. The Labute approximate surface area is 127 Å². The third-order valence-electron chi connectivity index (χ3n) is 5.86. The number of rotatable bonds is 2. The zero-order chi connectivity index (χ0) is 14.9. The number of piperazine rings is 1. The van der Waals surface area contributed by atoms with Crippen LogP contribution in [-0.2, 0) is 9.59 Å². The molecule has 21 heavy (non-hydrogen) atoms. The van der Waals surface area contributed by atoms with Crippen LogP contribution in [0.1, 0.15) is 64.7 Å². The third kappa shape index (κ3) is 2.95. The molecule has 0 aromatic rings. The summed E-state index contributed by atoms with van der Waals surface area (Å²) < 4.78 is 0. The Morgan fingerprint density at radius 2 is 1.81 bits per heavy atom. The number of hydrogen-bond donors (Lipinski definition) is 1. The Balaban J connectivity index is 1.71. The van der Waals surface area contributed by atoms with Gasteiger partial charge in [-0.1, -0.05) is 45.4 Å². The summed E-state index contributed by atoms with van der Waals surface area (Å²) in [6, 6.07) is 0. The molecule has 2 aliphatic carbocycles. The predicted molar refractivity (Wildman–Crippen MR) is 81.7 cm³/mol. The van der Waals surface area contributed by atoms with Crippen molar-refractivity contribution in [1.82, 2.24) is 10.2 Å². The van der Waals surface area contributed by atoms with Gasteiger partial charge in [0.25, 0.3) is 0 Å². The fourth-order valence-electron chi connectivity index (χ4n) is 4.50. The zero-order valence-corrected chi connectivity index (χ0v) is 13.2. The summed E-state index contributed by atoms with van der Waals surface area (Å²) in [6.07, 6.45) is 10.0. The van der Waals surface area contributed by atoms with E-state index in [-0.39, 0.29) is 18.4 Å². The van der Waals surface area contributed by atoms with Crippen molar-refractivity contribution >= 4 is 11.8 Å². The van der Waals surface area contributed by atoms with Gasteiger partial charge in [-0.2, -0.15) is 0 Å². The summed E-state index contributed by atoms with van der Waals surface area (Å²) in [7, 11) is 0. The highest BCUT2D eigenvalue weighted by atomic mass is 16.2. The van der Waals surface area contributed by atoms with E-state index in [1.807, 2.05) is 4.90 Å². The van der Waals surface area contributed by atoms with Gasteiger partial charge in [0.05, 0.1) is 6.54 Å². The molecule has 3 fully saturated rings. The molecule has 1 heterocycles. The fourth-order valence-corrected chi connectivity index (χ4v) is 4.50. The predicted octanol–water partition coefficient (Wildman–Crippen LogP) is 2.47. The van der Waals surface area contributed by atoms with E-state index in [0.29, 0.717) is 11.8 Å². The first-order chi connectivity index (χ1) is 10.1. The Morgan fingerprint density at radius 3 is 2.52 bits per heavy atom. The molecule has 1 aliphatic heterocycles. The molecule has 2 amide bonds. The van der Waals surface area contributed by atoms with Gasteiger partial charge in [0.2, 0.25) is 11.8 Å². The molecule has 0 bridgehead atoms. The van der Waals surface area contributed by atoms with Crippen LogP contribution in [0.2, 0.25) is 0 Å². The van der Waals surface area contributed by atoms with Crippen LogP contribution < -0.4 is 5.32 Å². The Morgan fingerprint density at radius 1 is 1.10 bits per heavy atom. The Hall–Kier alpha value is -1.06.